The van der Waals surface area contributed by atoms with Gasteiger partial charge in [0.2, 0.25) is 0 Å². The second-order valence-electron chi connectivity index (χ2n) is 11.1. The van der Waals surface area contributed by atoms with Crippen molar-refractivity contribution < 1.29 is 9.90 Å². The maximum absolute atomic E-state index is 10.9. The number of hydrogen-bond donors (Lipinski definition) is 1. The number of carboxylic acid groups (broad SMARTS) is 1. The highest BCUT2D eigenvalue weighted by atomic mass is 16.4. The Balaban J connectivity index is 1.52. The van der Waals surface area contributed by atoms with Gasteiger partial charge in [-0.15, -0.1) is 0 Å². The average molecular weight is 361 g/mol. The van der Waals surface area contributed by atoms with E-state index >= 15 is 0 Å². The lowest BCUT2D eigenvalue weighted by Gasteiger charge is -2.62. The van der Waals surface area contributed by atoms with E-state index < -0.39 is 5.97 Å². The van der Waals surface area contributed by atoms with Crippen LogP contribution in [0.25, 0.3) is 0 Å². The van der Waals surface area contributed by atoms with Gasteiger partial charge in [-0.2, -0.15) is 0 Å². The molecule has 0 radical (unpaired) electrons. The summed E-state index contributed by atoms with van der Waals surface area (Å²) in [5.41, 5.74) is 1.11. The molecule has 4 aliphatic carbocycles. The number of rotatable bonds is 4. The second kappa shape index (κ2) is 6.82. The number of fused-ring (bicyclic) bond motifs is 5. The fourth-order valence-corrected chi connectivity index (χ4v) is 8.89. The monoisotopic (exact) mass is 360 g/mol. The van der Waals surface area contributed by atoms with Crippen LogP contribution in [-0.2, 0) is 4.79 Å². The first-order valence-electron chi connectivity index (χ1n) is 11.6. The molecule has 0 heterocycles. The standard InChI is InChI=1S/C24H40O2/c1-16-15-18-20-11-10-17(7-6-9-22(25)26)23(20,2)14-12-21(18)24(3)13-5-4-8-19(16)24/h16-21H,4-15H2,1-3H3,(H,25,26)/t16-,17?,18?,19?,20?,21?,23?,24?/m0/s1. The summed E-state index contributed by atoms with van der Waals surface area (Å²) < 4.78 is 0. The Hall–Kier alpha value is -0.530. The summed E-state index contributed by atoms with van der Waals surface area (Å²) in [4.78, 5) is 10.9. The van der Waals surface area contributed by atoms with Gasteiger partial charge >= 0.3 is 5.97 Å². The highest BCUT2D eigenvalue weighted by molar-refractivity contribution is 5.66. The van der Waals surface area contributed by atoms with E-state index in [1.165, 1.54) is 57.8 Å². The van der Waals surface area contributed by atoms with Crippen molar-refractivity contribution in [1.82, 2.24) is 0 Å². The Morgan fingerprint density at radius 3 is 2.50 bits per heavy atom. The van der Waals surface area contributed by atoms with Crippen LogP contribution in [0.15, 0.2) is 0 Å². The van der Waals surface area contributed by atoms with Crippen LogP contribution in [0.2, 0.25) is 0 Å². The van der Waals surface area contributed by atoms with E-state index in [1.807, 2.05) is 0 Å². The van der Waals surface area contributed by atoms with Crippen molar-refractivity contribution in [1.29, 1.82) is 0 Å². The summed E-state index contributed by atoms with van der Waals surface area (Å²) in [6, 6.07) is 0. The molecule has 0 amide bonds. The lowest BCUT2D eigenvalue weighted by molar-refractivity contribution is -0.137. The molecule has 2 heteroatoms. The van der Waals surface area contributed by atoms with E-state index in [0.29, 0.717) is 17.3 Å². The summed E-state index contributed by atoms with van der Waals surface area (Å²) in [6.45, 7) is 7.83. The van der Waals surface area contributed by atoms with Crippen molar-refractivity contribution >= 4 is 5.97 Å². The molecule has 148 valence electrons. The Labute approximate surface area is 160 Å². The third-order valence-corrected chi connectivity index (χ3v) is 10.1. The first kappa shape index (κ1) is 18.8. The van der Waals surface area contributed by atoms with Crippen LogP contribution in [0.4, 0.5) is 0 Å². The van der Waals surface area contributed by atoms with Gasteiger partial charge in [-0.25, -0.2) is 0 Å². The summed E-state index contributed by atoms with van der Waals surface area (Å²) in [5.74, 6) is 4.89. The van der Waals surface area contributed by atoms with Crippen molar-refractivity contribution in [2.45, 2.75) is 97.8 Å². The van der Waals surface area contributed by atoms with Crippen molar-refractivity contribution in [3.05, 3.63) is 0 Å². The molecule has 0 aromatic rings. The van der Waals surface area contributed by atoms with E-state index in [-0.39, 0.29) is 0 Å². The van der Waals surface area contributed by atoms with Crippen molar-refractivity contribution in [3.63, 3.8) is 0 Å². The van der Waals surface area contributed by atoms with Crippen molar-refractivity contribution in [3.8, 4) is 0 Å². The van der Waals surface area contributed by atoms with Gasteiger partial charge in [0, 0.05) is 6.42 Å². The first-order chi connectivity index (χ1) is 12.4. The largest absolute Gasteiger partial charge is 0.481 e. The third kappa shape index (κ3) is 2.85. The normalized spacial score (nSPS) is 50.6. The number of aliphatic carboxylic acids is 1. The molecule has 4 aliphatic rings. The molecule has 0 aromatic carbocycles. The van der Waals surface area contributed by atoms with E-state index in [0.717, 1.165) is 48.3 Å². The van der Waals surface area contributed by atoms with Gasteiger partial charge in [-0.1, -0.05) is 33.6 Å². The van der Waals surface area contributed by atoms with Crippen LogP contribution in [0, 0.1) is 46.3 Å². The predicted molar refractivity (Wildman–Crippen MR) is 106 cm³/mol. The second-order valence-corrected chi connectivity index (χ2v) is 11.1. The smallest absolute Gasteiger partial charge is 0.303 e. The van der Waals surface area contributed by atoms with Gasteiger partial charge in [0.1, 0.15) is 0 Å². The van der Waals surface area contributed by atoms with Crippen LogP contribution in [0.3, 0.4) is 0 Å². The maximum Gasteiger partial charge on any atom is 0.303 e. The van der Waals surface area contributed by atoms with Crippen molar-refractivity contribution in [2.75, 3.05) is 0 Å². The van der Waals surface area contributed by atoms with Crippen LogP contribution in [0.5, 0.6) is 0 Å². The van der Waals surface area contributed by atoms with Gasteiger partial charge in [-0.05, 0) is 104 Å². The Morgan fingerprint density at radius 2 is 1.73 bits per heavy atom. The molecule has 26 heavy (non-hydrogen) atoms. The molecule has 4 fully saturated rings. The molecule has 1 N–H and O–H groups in total. The Bertz CT molecular complexity index is 542. The molecule has 0 aliphatic heterocycles. The number of carbonyl (C=O) groups is 1. The summed E-state index contributed by atoms with van der Waals surface area (Å²) >= 11 is 0. The lowest BCUT2D eigenvalue weighted by Crippen LogP contribution is -2.55. The molecule has 7 unspecified atom stereocenters. The SMILES string of the molecule is C[C@H]1CC2C3CCC(CCCC(=O)O)C3(C)CCC2C2(C)CCCCC12. The molecule has 0 bridgehead atoms. The quantitative estimate of drug-likeness (QED) is 0.618. The van der Waals surface area contributed by atoms with E-state index in [1.54, 1.807) is 0 Å². The van der Waals surface area contributed by atoms with Gasteiger partial charge in [-0.3, -0.25) is 4.79 Å². The van der Waals surface area contributed by atoms with Gasteiger partial charge in [0.15, 0.2) is 0 Å². The first-order valence-corrected chi connectivity index (χ1v) is 11.6. The highest BCUT2D eigenvalue weighted by Gasteiger charge is 2.60. The Morgan fingerprint density at radius 1 is 0.962 bits per heavy atom. The fraction of sp³-hybridized carbons (Fsp3) is 0.958. The molecular formula is C24H40O2. The Kier molecular flexibility index (Phi) is 4.93. The van der Waals surface area contributed by atoms with Crippen LogP contribution in [-0.4, -0.2) is 11.1 Å². The van der Waals surface area contributed by atoms with Crippen molar-refractivity contribution in [2.24, 2.45) is 46.3 Å². The molecule has 8 atom stereocenters. The zero-order valence-corrected chi connectivity index (χ0v) is 17.3. The van der Waals surface area contributed by atoms with Crippen LogP contribution in [0.1, 0.15) is 97.8 Å². The number of carboxylic acids is 1. The third-order valence-electron chi connectivity index (χ3n) is 10.1. The minimum atomic E-state index is -0.620. The summed E-state index contributed by atoms with van der Waals surface area (Å²) in [5, 5.41) is 9.01. The number of hydrogen-bond acceptors (Lipinski definition) is 1. The zero-order valence-electron chi connectivity index (χ0n) is 17.3. The summed E-state index contributed by atoms with van der Waals surface area (Å²) in [7, 11) is 0. The van der Waals surface area contributed by atoms with Crippen LogP contribution < -0.4 is 0 Å². The molecule has 0 spiro atoms. The van der Waals surface area contributed by atoms with E-state index in [2.05, 4.69) is 20.8 Å². The molecular weight excluding hydrogens is 320 g/mol. The topological polar surface area (TPSA) is 37.3 Å². The highest BCUT2D eigenvalue weighted by Crippen LogP contribution is 2.68. The molecule has 0 aromatic heterocycles. The maximum atomic E-state index is 10.9. The molecule has 2 nitrogen and oxygen atoms in total. The minimum absolute atomic E-state index is 0.361. The van der Waals surface area contributed by atoms with Gasteiger partial charge in [0.25, 0.3) is 0 Å². The van der Waals surface area contributed by atoms with Crippen LogP contribution >= 0.6 is 0 Å². The lowest BCUT2D eigenvalue weighted by atomic mass is 9.43. The van der Waals surface area contributed by atoms with E-state index in [9.17, 15) is 4.79 Å². The van der Waals surface area contributed by atoms with E-state index in [4.69, 9.17) is 5.11 Å². The molecule has 4 rings (SSSR count). The molecule has 0 saturated heterocycles. The fourth-order valence-electron chi connectivity index (χ4n) is 8.89. The predicted octanol–water partition coefficient (Wildman–Crippen LogP) is 6.54. The molecule has 4 saturated carbocycles. The average Bonchev–Trinajstić information content (AvgIpc) is 2.91. The zero-order chi connectivity index (χ0) is 18.5. The minimum Gasteiger partial charge on any atom is -0.481 e. The van der Waals surface area contributed by atoms with Gasteiger partial charge < -0.3 is 5.11 Å². The summed E-state index contributed by atoms with van der Waals surface area (Å²) in [6.07, 6.45) is 15.4. The van der Waals surface area contributed by atoms with Gasteiger partial charge in [0.05, 0.1) is 0 Å².